The fourth-order valence-electron chi connectivity index (χ4n) is 3.68. The predicted molar refractivity (Wildman–Crippen MR) is 112 cm³/mol. The van der Waals surface area contributed by atoms with Gasteiger partial charge in [-0.3, -0.25) is 4.79 Å². The van der Waals surface area contributed by atoms with E-state index in [0.29, 0.717) is 19.6 Å². The van der Waals surface area contributed by atoms with E-state index in [2.05, 4.69) is 30.4 Å². The van der Waals surface area contributed by atoms with Crippen LogP contribution in [0.4, 0.5) is 0 Å². The summed E-state index contributed by atoms with van der Waals surface area (Å²) < 4.78 is 11.8. The molecule has 0 unspecified atom stereocenters. The molecule has 2 aromatic rings. The molecule has 0 heterocycles. The standard InChI is InChI=1S/C24H31NO3/c1-4-22(28-21-11-10-19-7-5-6-8-20(19)16-21)24(26)25-13-14-27-23-12-9-17(2)15-18(23)3/h9-12,15-16,22H,4-8,13-14H2,1-3H3,(H,25,26)/t22-/m1/s1. The van der Waals surface area contributed by atoms with Crippen LogP contribution in [0.5, 0.6) is 11.5 Å². The molecule has 0 radical (unpaired) electrons. The highest BCUT2D eigenvalue weighted by Gasteiger charge is 2.19. The van der Waals surface area contributed by atoms with E-state index < -0.39 is 6.10 Å². The molecule has 1 aliphatic rings. The van der Waals surface area contributed by atoms with Gasteiger partial charge >= 0.3 is 0 Å². The molecule has 0 spiro atoms. The third-order valence-electron chi connectivity index (χ3n) is 5.25. The number of hydrogen-bond acceptors (Lipinski definition) is 3. The molecule has 4 nitrogen and oxygen atoms in total. The van der Waals surface area contributed by atoms with Gasteiger partial charge in [-0.15, -0.1) is 0 Å². The quantitative estimate of drug-likeness (QED) is 0.683. The van der Waals surface area contributed by atoms with Crippen molar-refractivity contribution in [2.24, 2.45) is 0 Å². The van der Waals surface area contributed by atoms with Crippen molar-refractivity contribution in [3.05, 3.63) is 58.7 Å². The maximum absolute atomic E-state index is 12.5. The molecule has 4 heteroatoms. The highest BCUT2D eigenvalue weighted by Crippen LogP contribution is 2.26. The Morgan fingerprint density at radius 2 is 1.86 bits per heavy atom. The van der Waals surface area contributed by atoms with E-state index in [-0.39, 0.29) is 5.91 Å². The zero-order valence-electron chi connectivity index (χ0n) is 17.2. The van der Waals surface area contributed by atoms with Crippen LogP contribution < -0.4 is 14.8 Å². The molecular formula is C24H31NO3. The highest BCUT2D eigenvalue weighted by atomic mass is 16.5. The number of hydrogen-bond donors (Lipinski definition) is 1. The van der Waals surface area contributed by atoms with Crippen LogP contribution in [0, 0.1) is 13.8 Å². The third-order valence-corrected chi connectivity index (χ3v) is 5.25. The van der Waals surface area contributed by atoms with Gasteiger partial charge in [-0.1, -0.05) is 30.7 Å². The first-order valence-corrected chi connectivity index (χ1v) is 10.3. The first kappa shape index (κ1) is 20.2. The number of amides is 1. The first-order valence-electron chi connectivity index (χ1n) is 10.3. The van der Waals surface area contributed by atoms with Gasteiger partial charge in [0.2, 0.25) is 0 Å². The van der Waals surface area contributed by atoms with Crippen LogP contribution in [-0.2, 0) is 17.6 Å². The van der Waals surface area contributed by atoms with Gasteiger partial charge in [0.25, 0.3) is 5.91 Å². The molecule has 0 aliphatic heterocycles. The lowest BCUT2D eigenvalue weighted by molar-refractivity contribution is -0.128. The molecule has 1 amide bonds. The summed E-state index contributed by atoms with van der Waals surface area (Å²) in [5.74, 6) is 1.55. The topological polar surface area (TPSA) is 47.6 Å². The van der Waals surface area contributed by atoms with E-state index in [1.165, 1.54) is 29.5 Å². The average Bonchev–Trinajstić information content (AvgIpc) is 2.70. The summed E-state index contributed by atoms with van der Waals surface area (Å²) >= 11 is 0. The fraction of sp³-hybridized carbons (Fsp3) is 0.458. The van der Waals surface area contributed by atoms with Gasteiger partial charge in [-0.2, -0.15) is 0 Å². The smallest absolute Gasteiger partial charge is 0.261 e. The number of fused-ring (bicyclic) bond motifs is 1. The maximum atomic E-state index is 12.5. The first-order chi connectivity index (χ1) is 13.6. The van der Waals surface area contributed by atoms with Crippen LogP contribution in [0.2, 0.25) is 0 Å². The Morgan fingerprint density at radius 3 is 2.61 bits per heavy atom. The van der Waals surface area contributed by atoms with Crippen molar-refractivity contribution in [2.75, 3.05) is 13.2 Å². The molecular weight excluding hydrogens is 350 g/mol. The van der Waals surface area contributed by atoms with E-state index in [9.17, 15) is 4.79 Å². The molecule has 1 atom stereocenters. The zero-order valence-corrected chi connectivity index (χ0v) is 17.2. The lowest BCUT2D eigenvalue weighted by Crippen LogP contribution is -2.39. The molecule has 28 heavy (non-hydrogen) atoms. The maximum Gasteiger partial charge on any atom is 0.261 e. The highest BCUT2D eigenvalue weighted by molar-refractivity contribution is 5.81. The van der Waals surface area contributed by atoms with Gasteiger partial charge in [0.05, 0.1) is 6.54 Å². The number of ether oxygens (including phenoxy) is 2. The fourth-order valence-corrected chi connectivity index (χ4v) is 3.68. The van der Waals surface area contributed by atoms with Gasteiger partial charge in [0.1, 0.15) is 18.1 Å². The van der Waals surface area contributed by atoms with Crippen LogP contribution in [0.25, 0.3) is 0 Å². The number of carbonyl (C=O) groups excluding carboxylic acids is 1. The Balaban J connectivity index is 1.48. The average molecular weight is 382 g/mol. The van der Waals surface area contributed by atoms with Gasteiger partial charge in [-0.25, -0.2) is 0 Å². The summed E-state index contributed by atoms with van der Waals surface area (Å²) in [6.07, 6.45) is 4.88. The van der Waals surface area contributed by atoms with Crippen molar-refractivity contribution in [2.45, 2.75) is 59.0 Å². The van der Waals surface area contributed by atoms with Crippen LogP contribution in [0.3, 0.4) is 0 Å². The van der Waals surface area contributed by atoms with E-state index >= 15 is 0 Å². The van der Waals surface area contributed by atoms with Gasteiger partial charge in [0.15, 0.2) is 6.10 Å². The van der Waals surface area contributed by atoms with Crippen molar-refractivity contribution >= 4 is 5.91 Å². The molecule has 1 aliphatic carbocycles. The lowest BCUT2D eigenvalue weighted by Gasteiger charge is -2.20. The largest absolute Gasteiger partial charge is 0.491 e. The summed E-state index contributed by atoms with van der Waals surface area (Å²) in [5.41, 5.74) is 5.09. The van der Waals surface area contributed by atoms with Crippen LogP contribution in [0.15, 0.2) is 36.4 Å². The number of carbonyl (C=O) groups is 1. The van der Waals surface area contributed by atoms with Gasteiger partial charge in [-0.05, 0) is 80.8 Å². The van der Waals surface area contributed by atoms with E-state index in [4.69, 9.17) is 9.47 Å². The molecule has 1 N–H and O–H groups in total. The predicted octanol–water partition coefficient (Wildman–Crippen LogP) is 4.53. The molecule has 2 aromatic carbocycles. The molecule has 3 rings (SSSR count). The Hall–Kier alpha value is -2.49. The van der Waals surface area contributed by atoms with Crippen molar-refractivity contribution in [3.63, 3.8) is 0 Å². The SMILES string of the molecule is CC[C@@H](Oc1ccc2c(c1)CCCC2)C(=O)NCCOc1ccc(C)cc1C. The third kappa shape index (κ3) is 5.28. The Morgan fingerprint density at radius 1 is 1.07 bits per heavy atom. The molecule has 0 bridgehead atoms. The second kappa shape index (κ2) is 9.63. The van der Waals surface area contributed by atoms with Crippen molar-refractivity contribution in [1.82, 2.24) is 5.32 Å². The summed E-state index contributed by atoms with van der Waals surface area (Å²) in [7, 11) is 0. The number of nitrogens with one attached hydrogen (secondary N) is 1. The minimum absolute atomic E-state index is 0.0931. The van der Waals surface area contributed by atoms with Crippen LogP contribution in [0.1, 0.15) is 48.4 Å². The molecule has 0 saturated heterocycles. The summed E-state index contributed by atoms with van der Waals surface area (Å²) in [5, 5.41) is 2.93. The number of rotatable bonds is 8. The lowest BCUT2D eigenvalue weighted by atomic mass is 9.92. The monoisotopic (exact) mass is 381 g/mol. The van der Waals surface area contributed by atoms with Crippen LogP contribution >= 0.6 is 0 Å². The van der Waals surface area contributed by atoms with Crippen molar-refractivity contribution in [3.8, 4) is 11.5 Å². The normalized spacial score (nSPS) is 14.1. The van der Waals surface area contributed by atoms with E-state index in [0.717, 1.165) is 29.9 Å². The Bertz CT molecular complexity index is 815. The Labute approximate surface area is 168 Å². The Kier molecular flexibility index (Phi) is 6.96. The zero-order chi connectivity index (χ0) is 19.9. The molecule has 0 fully saturated rings. The van der Waals surface area contributed by atoms with E-state index in [1.54, 1.807) is 0 Å². The summed E-state index contributed by atoms with van der Waals surface area (Å²) in [6.45, 7) is 6.95. The minimum atomic E-state index is -0.484. The van der Waals surface area contributed by atoms with Gasteiger partial charge in [0, 0.05) is 0 Å². The van der Waals surface area contributed by atoms with Crippen LogP contribution in [-0.4, -0.2) is 25.2 Å². The number of aryl methyl sites for hydroxylation is 4. The number of benzene rings is 2. The second-order valence-corrected chi connectivity index (χ2v) is 7.56. The van der Waals surface area contributed by atoms with Gasteiger partial charge < -0.3 is 14.8 Å². The molecule has 0 aromatic heterocycles. The summed E-state index contributed by atoms with van der Waals surface area (Å²) in [6, 6.07) is 12.3. The minimum Gasteiger partial charge on any atom is -0.491 e. The van der Waals surface area contributed by atoms with Crippen molar-refractivity contribution in [1.29, 1.82) is 0 Å². The summed E-state index contributed by atoms with van der Waals surface area (Å²) in [4.78, 5) is 12.5. The van der Waals surface area contributed by atoms with Crippen molar-refractivity contribution < 1.29 is 14.3 Å². The molecule has 150 valence electrons. The molecule has 0 saturated carbocycles. The van der Waals surface area contributed by atoms with E-state index in [1.807, 2.05) is 32.0 Å². The second-order valence-electron chi connectivity index (χ2n) is 7.56.